The second-order valence-electron chi connectivity index (χ2n) is 4.52. The van der Waals surface area contributed by atoms with Gasteiger partial charge in [0, 0.05) is 17.5 Å². The second kappa shape index (κ2) is 6.54. The lowest BCUT2D eigenvalue weighted by Gasteiger charge is -2.16. The van der Waals surface area contributed by atoms with E-state index in [-0.39, 0.29) is 5.78 Å². The molecule has 0 fully saturated rings. The van der Waals surface area contributed by atoms with E-state index in [2.05, 4.69) is 27.6 Å². The van der Waals surface area contributed by atoms with E-state index in [1.54, 1.807) is 12.1 Å². The minimum atomic E-state index is -0.121. The van der Waals surface area contributed by atoms with E-state index in [9.17, 15) is 4.79 Å². The van der Waals surface area contributed by atoms with E-state index in [1.165, 1.54) is 10.5 Å². The second-order valence-corrected chi connectivity index (χ2v) is 6.34. The normalized spacial score (nSPS) is 19.8. The number of halogens is 2. The first-order valence-corrected chi connectivity index (χ1v) is 7.63. The summed E-state index contributed by atoms with van der Waals surface area (Å²) in [5.41, 5.74) is 8.52. The van der Waals surface area contributed by atoms with Crippen molar-refractivity contribution >= 4 is 51.4 Å². The van der Waals surface area contributed by atoms with Crippen LogP contribution in [0.2, 0.25) is 5.02 Å². The number of hydrogen-bond donors (Lipinski definition) is 1. The lowest BCUT2D eigenvalue weighted by atomic mass is 9.95. The van der Waals surface area contributed by atoms with Crippen LogP contribution in [0.4, 0.5) is 5.69 Å². The van der Waals surface area contributed by atoms with Gasteiger partial charge >= 0.3 is 0 Å². The van der Waals surface area contributed by atoms with Crippen molar-refractivity contribution in [3.8, 4) is 0 Å². The molecule has 0 spiro atoms. The number of carbonyl (C=O) groups excluding carboxylic acids is 1. The molecule has 0 bridgehead atoms. The molecule has 5 heteroatoms. The largest absolute Gasteiger partial charge is 0.396 e. The summed E-state index contributed by atoms with van der Waals surface area (Å²) in [7, 11) is 0. The smallest absolute Gasteiger partial charge is 0.175 e. The van der Waals surface area contributed by atoms with Gasteiger partial charge in [0.05, 0.1) is 17.1 Å². The highest BCUT2D eigenvalue weighted by atomic mass is 127. The number of ketones is 1. The molecule has 1 aromatic rings. The highest BCUT2D eigenvalue weighted by Crippen LogP contribution is 2.29. The molecule has 0 radical (unpaired) electrons. The van der Waals surface area contributed by atoms with Crippen LogP contribution in [0.5, 0.6) is 0 Å². The summed E-state index contributed by atoms with van der Waals surface area (Å²) in [6.45, 7) is 1.47. The Morgan fingerprint density at radius 3 is 2.80 bits per heavy atom. The Kier molecular flexibility index (Phi) is 4.99. The minimum absolute atomic E-state index is 0.121. The summed E-state index contributed by atoms with van der Waals surface area (Å²) in [5.74, 6) is -0.121. The third-order valence-corrected chi connectivity index (χ3v) is 4.06. The summed E-state index contributed by atoms with van der Waals surface area (Å²) < 4.78 is 1.20. The molecular weight excluding hydrogens is 387 g/mol. The zero-order valence-electron chi connectivity index (χ0n) is 11.0. The molecule has 0 amide bonds. The Bertz CT molecular complexity index is 647. The lowest BCUT2D eigenvalue weighted by molar-refractivity contribution is -0.113. The number of hydrogen-bond acceptors (Lipinski definition) is 3. The van der Waals surface area contributed by atoms with Crippen molar-refractivity contribution in [1.29, 1.82) is 0 Å². The third kappa shape index (κ3) is 3.70. The molecule has 0 aliphatic heterocycles. The highest BCUT2D eigenvalue weighted by Gasteiger charge is 2.18. The summed E-state index contributed by atoms with van der Waals surface area (Å²) in [5, 5.41) is 0.631. The average molecular weight is 401 g/mol. The van der Waals surface area contributed by atoms with E-state index in [4.69, 9.17) is 17.3 Å². The number of aliphatic imine (C=N–C) groups is 1. The molecular formula is C15H14ClIN2O. The predicted octanol–water partition coefficient (Wildman–Crippen LogP) is 4.33. The van der Waals surface area contributed by atoms with Crippen molar-refractivity contribution in [3.63, 3.8) is 0 Å². The van der Waals surface area contributed by atoms with E-state index in [1.807, 2.05) is 18.2 Å². The van der Waals surface area contributed by atoms with Crippen LogP contribution in [0.1, 0.15) is 19.8 Å². The molecule has 0 atom stereocenters. The van der Waals surface area contributed by atoms with Crippen molar-refractivity contribution in [3.05, 3.63) is 50.2 Å². The van der Waals surface area contributed by atoms with Gasteiger partial charge < -0.3 is 5.73 Å². The minimum Gasteiger partial charge on any atom is -0.396 e. The number of nitrogens with two attached hydrogens (primary N) is 1. The van der Waals surface area contributed by atoms with Crippen molar-refractivity contribution in [2.75, 3.05) is 0 Å². The Balaban J connectivity index is 2.51. The summed E-state index contributed by atoms with van der Waals surface area (Å²) >= 11 is 8.24. The molecule has 2 N–H and O–H groups in total. The first kappa shape index (κ1) is 15.3. The maximum atomic E-state index is 11.5. The van der Waals surface area contributed by atoms with Gasteiger partial charge in [-0.1, -0.05) is 17.7 Å². The van der Waals surface area contributed by atoms with Crippen LogP contribution < -0.4 is 5.73 Å². The number of benzene rings is 1. The molecule has 3 nitrogen and oxygen atoms in total. The van der Waals surface area contributed by atoms with Crippen molar-refractivity contribution in [1.82, 2.24) is 0 Å². The fourth-order valence-corrected chi connectivity index (χ4v) is 2.70. The van der Waals surface area contributed by atoms with Crippen molar-refractivity contribution < 1.29 is 4.79 Å². The van der Waals surface area contributed by atoms with Gasteiger partial charge in [-0.05, 0) is 63.3 Å². The summed E-state index contributed by atoms with van der Waals surface area (Å²) in [6, 6.07) is 7.30. The molecule has 2 rings (SSSR count). The highest BCUT2D eigenvalue weighted by molar-refractivity contribution is 14.1. The van der Waals surface area contributed by atoms with Gasteiger partial charge in [0.15, 0.2) is 5.78 Å². The van der Waals surface area contributed by atoms with Gasteiger partial charge in [-0.3, -0.25) is 4.79 Å². The molecule has 0 heterocycles. The molecule has 1 aliphatic carbocycles. The average Bonchev–Trinajstić information content (AvgIpc) is 2.38. The maximum absolute atomic E-state index is 11.5. The number of nitrogens with zero attached hydrogens (tertiary/aromatic N) is 1. The van der Waals surface area contributed by atoms with Gasteiger partial charge in [-0.25, -0.2) is 4.99 Å². The number of rotatable bonds is 2. The Labute approximate surface area is 136 Å². The van der Waals surface area contributed by atoms with E-state index in [0.717, 1.165) is 29.8 Å². The first-order chi connectivity index (χ1) is 9.47. The van der Waals surface area contributed by atoms with Gasteiger partial charge in [0.1, 0.15) is 0 Å². The Morgan fingerprint density at radius 1 is 1.40 bits per heavy atom. The van der Waals surface area contributed by atoms with Crippen LogP contribution in [0.25, 0.3) is 0 Å². The zero-order chi connectivity index (χ0) is 14.7. The first-order valence-electron chi connectivity index (χ1n) is 6.17. The van der Waals surface area contributed by atoms with E-state index in [0.29, 0.717) is 10.7 Å². The third-order valence-electron chi connectivity index (χ3n) is 2.98. The van der Waals surface area contributed by atoms with Crippen LogP contribution in [0, 0.1) is 0 Å². The van der Waals surface area contributed by atoms with Crippen molar-refractivity contribution in [2.45, 2.75) is 19.8 Å². The van der Waals surface area contributed by atoms with Gasteiger partial charge in [0.2, 0.25) is 0 Å². The van der Waals surface area contributed by atoms with Gasteiger partial charge in [0.25, 0.3) is 0 Å². The van der Waals surface area contributed by atoms with Crippen LogP contribution in [-0.4, -0.2) is 11.5 Å². The fourth-order valence-electron chi connectivity index (χ4n) is 1.95. The van der Waals surface area contributed by atoms with Crippen LogP contribution in [-0.2, 0) is 4.79 Å². The Hall–Kier alpha value is -1.14. The van der Waals surface area contributed by atoms with E-state index < -0.39 is 0 Å². The monoisotopic (exact) mass is 400 g/mol. The van der Waals surface area contributed by atoms with E-state index >= 15 is 0 Å². The molecule has 0 unspecified atom stereocenters. The SMILES string of the molecule is CC(=O)/C(N)=C1\CCC(I)=CC1=Nc1cccc(Cl)c1. The summed E-state index contributed by atoms with van der Waals surface area (Å²) in [4.78, 5) is 16.1. The van der Waals surface area contributed by atoms with Crippen LogP contribution in [0.15, 0.2) is 50.2 Å². The molecule has 1 aromatic carbocycles. The maximum Gasteiger partial charge on any atom is 0.175 e. The molecule has 104 valence electrons. The molecule has 1 aliphatic rings. The van der Waals surface area contributed by atoms with Crippen molar-refractivity contribution in [2.24, 2.45) is 10.7 Å². The molecule has 0 saturated heterocycles. The summed E-state index contributed by atoms with van der Waals surface area (Å²) in [6.07, 6.45) is 3.59. The van der Waals surface area contributed by atoms with Crippen LogP contribution in [0.3, 0.4) is 0 Å². The van der Waals surface area contributed by atoms with Crippen LogP contribution >= 0.6 is 34.2 Å². The predicted molar refractivity (Wildman–Crippen MR) is 91.8 cm³/mol. The topological polar surface area (TPSA) is 55.5 Å². The molecule has 20 heavy (non-hydrogen) atoms. The number of allylic oxidation sites excluding steroid dienone is 4. The van der Waals surface area contributed by atoms with Gasteiger partial charge in [-0.2, -0.15) is 0 Å². The lowest BCUT2D eigenvalue weighted by Crippen LogP contribution is -2.18. The van der Waals surface area contributed by atoms with Gasteiger partial charge in [-0.15, -0.1) is 0 Å². The number of carbonyl (C=O) groups is 1. The zero-order valence-corrected chi connectivity index (χ0v) is 13.9. The standard InChI is InChI=1S/C15H14ClIN2O/c1-9(20)15(18)13-6-5-11(17)8-14(13)19-12-4-2-3-10(16)7-12/h2-4,7-8H,5-6,18H2,1H3/b15-13-,19-14?. The molecule has 0 saturated carbocycles. The fraction of sp³-hybridized carbons (Fsp3) is 0.200. The quantitative estimate of drug-likeness (QED) is 0.593. The molecule has 0 aromatic heterocycles. The Morgan fingerprint density at radius 2 is 2.15 bits per heavy atom. The number of Topliss-reactive ketones (excluding diaryl/α,β-unsaturated/α-hetero) is 1.